The Balaban J connectivity index is 1.86. The van der Waals surface area contributed by atoms with E-state index in [4.69, 9.17) is 14.2 Å². The summed E-state index contributed by atoms with van der Waals surface area (Å²) in [7, 11) is 1.68. The fourth-order valence-corrected chi connectivity index (χ4v) is 5.01. The first-order valence-electron chi connectivity index (χ1n) is 12.1. The first-order valence-corrected chi connectivity index (χ1v) is 12.1. The predicted molar refractivity (Wildman–Crippen MR) is 130 cm³/mol. The number of carbonyl (C=O) groups is 1. The molecule has 4 rings (SSSR count). The van der Waals surface area contributed by atoms with Crippen molar-refractivity contribution in [3.63, 3.8) is 0 Å². The van der Waals surface area contributed by atoms with Crippen molar-refractivity contribution in [2.75, 3.05) is 26.9 Å². The Morgan fingerprint density at radius 1 is 1.21 bits per heavy atom. The second-order valence-corrected chi connectivity index (χ2v) is 10.3. The molecule has 7 heteroatoms. The molecule has 2 aromatic rings. The van der Waals surface area contributed by atoms with Crippen molar-refractivity contribution in [3.8, 4) is 17.0 Å². The molecule has 2 aliphatic rings. The first kappa shape index (κ1) is 24.5. The molecule has 1 unspecified atom stereocenters. The van der Waals surface area contributed by atoms with Gasteiger partial charge in [0.25, 0.3) is 0 Å². The van der Waals surface area contributed by atoms with E-state index in [1.807, 2.05) is 4.57 Å². The number of hydrogen-bond acceptors (Lipinski definition) is 5. The minimum Gasteiger partial charge on any atom is -0.493 e. The van der Waals surface area contributed by atoms with Crippen LogP contribution in [0.1, 0.15) is 80.1 Å². The van der Waals surface area contributed by atoms with E-state index in [2.05, 4.69) is 32.9 Å². The van der Waals surface area contributed by atoms with Gasteiger partial charge in [0, 0.05) is 56.2 Å². The normalized spacial score (nSPS) is 19.9. The maximum absolute atomic E-state index is 12.7. The van der Waals surface area contributed by atoms with Crippen LogP contribution in [0.4, 0.5) is 0 Å². The van der Waals surface area contributed by atoms with Crippen molar-refractivity contribution in [3.05, 3.63) is 51.3 Å². The van der Waals surface area contributed by atoms with Gasteiger partial charge in [-0.25, -0.2) is 4.79 Å². The fourth-order valence-electron chi connectivity index (χ4n) is 5.01. The van der Waals surface area contributed by atoms with Crippen LogP contribution in [0.15, 0.2) is 29.2 Å². The number of benzene rings is 1. The minimum absolute atomic E-state index is 0.00757. The van der Waals surface area contributed by atoms with E-state index >= 15 is 0 Å². The molecule has 0 aliphatic carbocycles. The van der Waals surface area contributed by atoms with Crippen molar-refractivity contribution in [2.24, 2.45) is 5.41 Å². The van der Waals surface area contributed by atoms with Crippen LogP contribution in [0.3, 0.4) is 0 Å². The van der Waals surface area contributed by atoms with Gasteiger partial charge in [0.1, 0.15) is 11.3 Å². The number of rotatable bonds is 7. The molecule has 184 valence electrons. The Labute approximate surface area is 200 Å². The minimum atomic E-state index is -1.20. The maximum Gasteiger partial charge on any atom is 0.341 e. The Morgan fingerprint density at radius 2 is 2.00 bits per heavy atom. The third-order valence-electron chi connectivity index (χ3n) is 6.85. The summed E-state index contributed by atoms with van der Waals surface area (Å²) in [5, 5.41) is 9.57. The zero-order valence-electron chi connectivity index (χ0n) is 20.6. The molecule has 2 atom stereocenters. The number of fused-ring (bicyclic) bond motifs is 3. The number of carboxylic acids is 1. The second-order valence-electron chi connectivity index (χ2n) is 10.3. The molecule has 1 fully saturated rings. The molecule has 34 heavy (non-hydrogen) atoms. The number of aromatic nitrogens is 1. The summed E-state index contributed by atoms with van der Waals surface area (Å²) in [4.78, 5) is 24.4. The van der Waals surface area contributed by atoms with Crippen molar-refractivity contribution in [1.82, 2.24) is 4.57 Å². The Bertz CT molecular complexity index is 1110. The van der Waals surface area contributed by atoms with Crippen LogP contribution in [0.5, 0.6) is 5.75 Å². The number of hydrogen-bond donors (Lipinski definition) is 1. The lowest BCUT2D eigenvalue weighted by Gasteiger charge is -2.39. The number of pyridine rings is 1. The summed E-state index contributed by atoms with van der Waals surface area (Å²) >= 11 is 0. The van der Waals surface area contributed by atoms with Gasteiger partial charge in [0.15, 0.2) is 5.43 Å². The molecule has 0 radical (unpaired) electrons. The lowest BCUT2D eigenvalue weighted by atomic mass is 9.78. The Kier molecular flexibility index (Phi) is 7.14. The highest BCUT2D eigenvalue weighted by Crippen LogP contribution is 2.46. The Hall–Kier alpha value is -2.64. The molecule has 1 N–H and O–H groups in total. The largest absolute Gasteiger partial charge is 0.493 e. The van der Waals surface area contributed by atoms with Crippen LogP contribution >= 0.6 is 0 Å². The van der Waals surface area contributed by atoms with Gasteiger partial charge >= 0.3 is 5.97 Å². The van der Waals surface area contributed by atoms with E-state index in [1.54, 1.807) is 7.11 Å². The smallest absolute Gasteiger partial charge is 0.341 e. The third kappa shape index (κ3) is 4.91. The van der Waals surface area contributed by atoms with Gasteiger partial charge in [-0.2, -0.15) is 0 Å². The highest BCUT2D eigenvalue weighted by atomic mass is 16.5. The average Bonchev–Trinajstić information content (AvgIpc) is 2.80. The molecule has 1 aromatic carbocycles. The van der Waals surface area contributed by atoms with Gasteiger partial charge in [-0.15, -0.1) is 0 Å². The topological polar surface area (TPSA) is 87.0 Å². The van der Waals surface area contributed by atoms with Gasteiger partial charge in [0.2, 0.25) is 0 Å². The van der Waals surface area contributed by atoms with E-state index in [0.29, 0.717) is 19.6 Å². The summed E-state index contributed by atoms with van der Waals surface area (Å²) in [5.41, 5.74) is 2.96. The van der Waals surface area contributed by atoms with Crippen LogP contribution < -0.4 is 10.2 Å². The van der Waals surface area contributed by atoms with Crippen LogP contribution in [-0.4, -0.2) is 42.6 Å². The highest BCUT2D eigenvalue weighted by molar-refractivity contribution is 5.87. The molecular formula is C27H35NO6. The zero-order chi connectivity index (χ0) is 24.5. The third-order valence-corrected chi connectivity index (χ3v) is 6.85. The van der Waals surface area contributed by atoms with Gasteiger partial charge in [-0.05, 0) is 48.8 Å². The number of aromatic carboxylic acids is 1. The fraction of sp³-hybridized carbons (Fsp3) is 0.556. The highest BCUT2D eigenvalue weighted by Gasteiger charge is 2.35. The SMILES string of the molecule is COCCCOc1cc2c(cc1C1CCCCO1)-c1cc(=O)c(C(=O)O)cn1[C@H](C(C)(C)C)C2. The molecule has 0 spiro atoms. The van der Waals surface area contributed by atoms with Gasteiger partial charge in [0.05, 0.1) is 18.4 Å². The lowest BCUT2D eigenvalue weighted by Crippen LogP contribution is -2.33. The van der Waals surface area contributed by atoms with Gasteiger partial charge < -0.3 is 23.9 Å². The van der Waals surface area contributed by atoms with Crippen molar-refractivity contribution in [1.29, 1.82) is 0 Å². The van der Waals surface area contributed by atoms with Gasteiger partial charge in [-0.1, -0.05) is 20.8 Å². The van der Waals surface area contributed by atoms with E-state index in [1.165, 1.54) is 12.3 Å². The molecule has 0 saturated carbocycles. The Morgan fingerprint density at radius 3 is 2.65 bits per heavy atom. The summed E-state index contributed by atoms with van der Waals surface area (Å²) in [6.07, 6.45) is 6.03. The maximum atomic E-state index is 12.7. The second kappa shape index (κ2) is 9.92. The van der Waals surface area contributed by atoms with Crippen LogP contribution in [0.2, 0.25) is 0 Å². The van der Waals surface area contributed by atoms with Crippen LogP contribution in [0.25, 0.3) is 11.3 Å². The summed E-state index contributed by atoms with van der Waals surface area (Å²) in [6.45, 7) is 8.31. The van der Waals surface area contributed by atoms with E-state index in [9.17, 15) is 14.7 Å². The summed E-state index contributed by atoms with van der Waals surface area (Å²) < 4.78 is 19.5. The van der Waals surface area contributed by atoms with E-state index < -0.39 is 11.4 Å². The molecule has 7 nitrogen and oxygen atoms in total. The lowest BCUT2D eigenvalue weighted by molar-refractivity contribution is 0.0131. The molecule has 1 saturated heterocycles. The summed E-state index contributed by atoms with van der Waals surface area (Å²) in [5.74, 6) is -0.373. The van der Waals surface area contributed by atoms with Crippen molar-refractivity contribution < 1.29 is 24.1 Å². The van der Waals surface area contributed by atoms with Crippen molar-refractivity contribution in [2.45, 2.75) is 65.0 Å². The van der Waals surface area contributed by atoms with Gasteiger partial charge in [-0.3, -0.25) is 4.79 Å². The van der Waals surface area contributed by atoms with E-state index in [-0.39, 0.29) is 23.1 Å². The zero-order valence-corrected chi connectivity index (χ0v) is 20.6. The molecule has 1 aromatic heterocycles. The molecule has 0 amide bonds. The monoisotopic (exact) mass is 469 g/mol. The van der Waals surface area contributed by atoms with E-state index in [0.717, 1.165) is 60.4 Å². The molecular weight excluding hydrogens is 434 g/mol. The number of carboxylic acid groups (broad SMARTS) is 1. The number of methoxy groups -OCH3 is 1. The number of nitrogens with zero attached hydrogens (tertiary/aromatic N) is 1. The predicted octanol–water partition coefficient (Wildman–Crippen LogP) is 5.01. The molecule has 0 bridgehead atoms. The summed E-state index contributed by atoms with van der Waals surface area (Å²) in [6, 6.07) is 5.67. The molecule has 3 heterocycles. The quantitative estimate of drug-likeness (QED) is 0.574. The van der Waals surface area contributed by atoms with Crippen molar-refractivity contribution >= 4 is 5.97 Å². The number of ether oxygens (including phenoxy) is 3. The van der Waals surface area contributed by atoms with Crippen LogP contribution in [0, 0.1) is 5.41 Å². The average molecular weight is 470 g/mol. The standard InChI is InChI=1S/C27H35NO6/c1-27(2,3)25-13-17-12-24(34-11-7-9-32-4)19(23-8-5-6-10-33-23)14-18(17)21-15-22(29)20(26(30)31)16-28(21)25/h12,14-16,23,25H,5-11,13H2,1-4H3,(H,30,31)/t23?,25-/m0/s1. The van der Waals surface area contributed by atoms with Crippen LogP contribution in [-0.2, 0) is 15.9 Å². The molecule has 2 aliphatic heterocycles. The first-order chi connectivity index (χ1) is 16.2.